The summed E-state index contributed by atoms with van der Waals surface area (Å²) in [6, 6.07) is 8.51. The smallest absolute Gasteiger partial charge is 0.293 e. The summed E-state index contributed by atoms with van der Waals surface area (Å²) in [6.45, 7) is 7.55. The van der Waals surface area contributed by atoms with E-state index < -0.39 is 10.8 Å². The summed E-state index contributed by atoms with van der Waals surface area (Å²) < 4.78 is 6.67. The maximum Gasteiger partial charge on any atom is 0.293 e. The van der Waals surface area contributed by atoms with E-state index in [1.165, 1.54) is 12.1 Å². The first-order valence-corrected chi connectivity index (χ1v) is 8.96. The lowest BCUT2D eigenvalue weighted by molar-refractivity contribution is -0.384. The Balaban J connectivity index is 2.13. The van der Waals surface area contributed by atoms with Gasteiger partial charge in [0, 0.05) is 10.5 Å². The number of rotatable bonds is 6. The molecule has 0 aliphatic carbocycles. The summed E-state index contributed by atoms with van der Waals surface area (Å²) in [5.74, 6) is 0.407. The largest absolute Gasteiger partial charge is 0.483 e. The first-order chi connectivity index (χ1) is 12.2. The molecule has 0 radical (unpaired) electrons. The Kier molecular flexibility index (Phi) is 6.37. The third-order valence-electron chi connectivity index (χ3n) is 3.90. The molecule has 1 N–H and O–H groups in total. The molecule has 7 heteroatoms. The molecule has 6 nitrogen and oxygen atoms in total. The molecule has 0 saturated heterocycles. The Labute approximate surface area is 160 Å². The van der Waals surface area contributed by atoms with Crippen LogP contribution in [0.4, 0.5) is 11.4 Å². The van der Waals surface area contributed by atoms with Crippen LogP contribution in [0, 0.1) is 24.0 Å². The Morgan fingerprint density at radius 1 is 1.27 bits per heavy atom. The molecule has 0 bridgehead atoms. The molecule has 0 atom stereocenters. The van der Waals surface area contributed by atoms with Gasteiger partial charge >= 0.3 is 0 Å². The molecular weight excluding hydrogens is 400 g/mol. The van der Waals surface area contributed by atoms with Crippen molar-refractivity contribution in [1.29, 1.82) is 0 Å². The van der Waals surface area contributed by atoms with Crippen LogP contribution < -0.4 is 10.1 Å². The minimum Gasteiger partial charge on any atom is -0.483 e. The van der Waals surface area contributed by atoms with Crippen LogP contribution in [0.3, 0.4) is 0 Å². The Morgan fingerprint density at radius 2 is 1.96 bits per heavy atom. The van der Waals surface area contributed by atoms with Crippen molar-refractivity contribution in [3.05, 3.63) is 61.6 Å². The fourth-order valence-electron chi connectivity index (χ4n) is 2.47. The van der Waals surface area contributed by atoms with Gasteiger partial charge in [-0.05, 0) is 54.7 Å². The van der Waals surface area contributed by atoms with Crippen molar-refractivity contribution in [1.82, 2.24) is 0 Å². The fourth-order valence-corrected chi connectivity index (χ4v) is 2.84. The quantitative estimate of drug-likeness (QED) is 0.519. The van der Waals surface area contributed by atoms with Crippen LogP contribution >= 0.6 is 15.9 Å². The minimum atomic E-state index is -0.515. The van der Waals surface area contributed by atoms with Crippen LogP contribution in [0.15, 0.2) is 34.8 Å². The molecule has 1 amide bonds. The van der Waals surface area contributed by atoms with Gasteiger partial charge in [-0.1, -0.05) is 35.8 Å². The number of amides is 1. The van der Waals surface area contributed by atoms with Crippen LogP contribution in [-0.4, -0.2) is 17.4 Å². The van der Waals surface area contributed by atoms with Crippen molar-refractivity contribution in [3.8, 4) is 5.75 Å². The lowest BCUT2D eigenvalue weighted by Crippen LogP contribution is -2.21. The molecule has 0 saturated carbocycles. The summed E-state index contributed by atoms with van der Waals surface area (Å²) in [5.41, 5.74) is 2.75. The summed E-state index contributed by atoms with van der Waals surface area (Å²) in [4.78, 5) is 22.8. The average Bonchev–Trinajstić information content (AvgIpc) is 2.56. The van der Waals surface area contributed by atoms with Crippen LogP contribution in [0.1, 0.15) is 36.5 Å². The molecule has 2 aromatic rings. The van der Waals surface area contributed by atoms with Crippen molar-refractivity contribution in [2.24, 2.45) is 0 Å². The predicted octanol–water partition coefficient (Wildman–Crippen LogP) is 5.12. The second-order valence-electron chi connectivity index (χ2n) is 6.41. The Bertz CT molecular complexity index is 850. The number of halogens is 1. The number of anilines is 1. The lowest BCUT2D eigenvalue weighted by Gasteiger charge is -2.16. The SMILES string of the molecule is Cc1ccc(NC(=O)COc2cc(C)c(Br)cc2C(C)C)c([N+](=O)[O-])c1. The van der Waals surface area contributed by atoms with Gasteiger partial charge in [-0.15, -0.1) is 0 Å². The molecule has 0 aliphatic heterocycles. The Hall–Kier alpha value is -2.41. The van der Waals surface area contributed by atoms with Gasteiger partial charge < -0.3 is 10.1 Å². The van der Waals surface area contributed by atoms with Gasteiger partial charge in [-0.3, -0.25) is 14.9 Å². The molecule has 0 aliphatic rings. The van der Waals surface area contributed by atoms with Gasteiger partial charge in [0.25, 0.3) is 11.6 Å². The standard InChI is InChI=1S/C19H21BrN2O4/c1-11(2)14-9-15(20)13(4)8-18(14)26-10-19(23)21-16-6-5-12(3)7-17(16)22(24)25/h5-9,11H,10H2,1-4H3,(H,21,23). The summed E-state index contributed by atoms with van der Waals surface area (Å²) in [5, 5.41) is 13.7. The first-order valence-electron chi connectivity index (χ1n) is 8.16. The average molecular weight is 421 g/mol. The van der Waals surface area contributed by atoms with E-state index in [2.05, 4.69) is 21.2 Å². The van der Waals surface area contributed by atoms with E-state index in [0.717, 1.165) is 21.2 Å². The lowest BCUT2D eigenvalue weighted by atomic mass is 10.0. The van der Waals surface area contributed by atoms with E-state index in [1.807, 2.05) is 32.9 Å². The van der Waals surface area contributed by atoms with Crippen LogP contribution in [0.2, 0.25) is 0 Å². The molecule has 0 aromatic heterocycles. The fraction of sp³-hybridized carbons (Fsp3) is 0.316. The van der Waals surface area contributed by atoms with E-state index in [4.69, 9.17) is 4.74 Å². The molecule has 0 unspecified atom stereocenters. The Morgan fingerprint density at radius 3 is 2.58 bits per heavy atom. The van der Waals surface area contributed by atoms with Crippen LogP contribution in [0.5, 0.6) is 5.75 Å². The predicted molar refractivity (Wildman–Crippen MR) is 105 cm³/mol. The van der Waals surface area contributed by atoms with Crippen molar-refractivity contribution in [2.45, 2.75) is 33.6 Å². The van der Waals surface area contributed by atoms with Crippen LogP contribution in [0.25, 0.3) is 0 Å². The number of nitro benzene ring substituents is 1. The minimum absolute atomic E-state index is 0.138. The molecule has 0 fully saturated rings. The second-order valence-corrected chi connectivity index (χ2v) is 7.26. The summed E-state index contributed by atoms with van der Waals surface area (Å²) in [7, 11) is 0. The highest BCUT2D eigenvalue weighted by Crippen LogP contribution is 2.32. The third-order valence-corrected chi connectivity index (χ3v) is 4.75. The van der Waals surface area contributed by atoms with Crippen molar-refractivity contribution in [2.75, 3.05) is 11.9 Å². The molecule has 138 valence electrons. The van der Waals surface area contributed by atoms with Gasteiger partial charge in [-0.25, -0.2) is 0 Å². The number of benzene rings is 2. The highest BCUT2D eigenvalue weighted by molar-refractivity contribution is 9.10. The van der Waals surface area contributed by atoms with Gasteiger partial charge in [0.15, 0.2) is 6.61 Å². The number of nitrogens with one attached hydrogen (secondary N) is 1. The zero-order chi connectivity index (χ0) is 19.4. The van der Waals surface area contributed by atoms with Gasteiger partial charge in [0.1, 0.15) is 11.4 Å². The summed E-state index contributed by atoms with van der Waals surface area (Å²) in [6.07, 6.45) is 0. The number of nitrogens with zero attached hydrogens (tertiary/aromatic N) is 1. The highest BCUT2D eigenvalue weighted by Gasteiger charge is 2.17. The van der Waals surface area contributed by atoms with E-state index in [9.17, 15) is 14.9 Å². The molecule has 0 heterocycles. The van der Waals surface area contributed by atoms with E-state index in [1.54, 1.807) is 13.0 Å². The van der Waals surface area contributed by atoms with Crippen molar-refractivity contribution in [3.63, 3.8) is 0 Å². The number of carbonyl (C=O) groups is 1. The molecular formula is C19H21BrN2O4. The number of hydrogen-bond acceptors (Lipinski definition) is 4. The maximum atomic E-state index is 12.2. The number of nitro groups is 1. The molecule has 2 aromatic carbocycles. The van der Waals surface area contributed by atoms with Gasteiger partial charge in [0.2, 0.25) is 0 Å². The normalized spacial score (nSPS) is 10.7. The summed E-state index contributed by atoms with van der Waals surface area (Å²) >= 11 is 3.50. The first kappa shape index (κ1) is 19.9. The second kappa shape index (κ2) is 8.31. The van der Waals surface area contributed by atoms with E-state index in [-0.39, 0.29) is 23.9 Å². The van der Waals surface area contributed by atoms with Crippen LogP contribution in [-0.2, 0) is 4.79 Å². The number of aryl methyl sites for hydroxylation is 2. The molecule has 26 heavy (non-hydrogen) atoms. The third kappa shape index (κ3) is 4.82. The van der Waals surface area contributed by atoms with E-state index in [0.29, 0.717) is 5.75 Å². The van der Waals surface area contributed by atoms with E-state index >= 15 is 0 Å². The van der Waals surface area contributed by atoms with Gasteiger partial charge in [0.05, 0.1) is 4.92 Å². The number of carbonyl (C=O) groups excluding carboxylic acids is 1. The zero-order valence-electron chi connectivity index (χ0n) is 15.1. The highest BCUT2D eigenvalue weighted by atomic mass is 79.9. The molecule has 0 spiro atoms. The number of hydrogen-bond donors (Lipinski definition) is 1. The van der Waals surface area contributed by atoms with Gasteiger partial charge in [-0.2, -0.15) is 0 Å². The van der Waals surface area contributed by atoms with Crippen molar-refractivity contribution < 1.29 is 14.5 Å². The number of ether oxygens (including phenoxy) is 1. The molecule has 2 rings (SSSR count). The zero-order valence-corrected chi connectivity index (χ0v) is 16.7. The van der Waals surface area contributed by atoms with Crippen molar-refractivity contribution >= 4 is 33.2 Å². The topological polar surface area (TPSA) is 81.5 Å². The monoisotopic (exact) mass is 420 g/mol. The maximum absolute atomic E-state index is 12.2.